The van der Waals surface area contributed by atoms with Crippen molar-refractivity contribution in [2.75, 3.05) is 64.5 Å². The summed E-state index contributed by atoms with van der Waals surface area (Å²) in [5, 5.41) is 55.2. The molecule has 0 radical (unpaired) electrons. The van der Waals surface area contributed by atoms with Crippen LogP contribution in [0.5, 0.6) is 0 Å². The molecule has 2 fully saturated rings. The second kappa shape index (κ2) is 15.7. The van der Waals surface area contributed by atoms with Crippen molar-refractivity contribution in [3.05, 3.63) is 59.1 Å². The molecular weight excluding hydrogens is 626 g/mol. The number of nitriles is 1. The summed E-state index contributed by atoms with van der Waals surface area (Å²) in [6, 6.07) is 17.7. The number of nitrogens with zero attached hydrogens (tertiary/aromatic N) is 3. The van der Waals surface area contributed by atoms with Crippen LogP contribution in [-0.2, 0) is 26.5 Å². The zero-order chi connectivity index (χ0) is 33.6. The fourth-order valence-corrected chi connectivity index (χ4v) is 7.12. The molecular formula is C33H43N5O8S. The van der Waals surface area contributed by atoms with Gasteiger partial charge in [0.25, 0.3) is 10.0 Å². The normalized spacial score (nSPS) is 24.3. The lowest BCUT2D eigenvalue weighted by molar-refractivity contribution is -0.210. The van der Waals surface area contributed by atoms with Crippen LogP contribution in [0.2, 0.25) is 0 Å². The maximum absolute atomic E-state index is 13.2. The number of anilines is 1. The van der Waals surface area contributed by atoms with Gasteiger partial charge in [-0.25, -0.2) is 13.1 Å². The van der Waals surface area contributed by atoms with Gasteiger partial charge >= 0.3 is 0 Å². The van der Waals surface area contributed by atoms with E-state index in [4.69, 9.17) is 9.47 Å². The molecule has 47 heavy (non-hydrogen) atoms. The van der Waals surface area contributed by atoms with Crippen LogP contribution >= 0.6 is 0 Å². The maximum atomic E-state index is 13.2. The van der Waals surface area contributed by atoms with Gasteiger partial charge in [0.1, 0.15) is 18.3 Å². The number of fused-ring (bicyclic) bond motifs is 1. The van der Waals surface area contributed by atoms with Crippen molar-refractivity contribution in [3.8, 4) is 17.3 Å². The number of aliphatic hydroxyl groups is 4. The Labute approximate surface area is 274 Å². The van der Waals surface area contributed by atoms with Crippen LogP contribution in [0.3, 0.4) is 0 Å². The maximum Gasteiger partial charge on any atom is 0.250 e. The monoisotopic (exact) mass is 669 g/mol. The summed E-state index contributed by atoms with van der Waals surface area (Å²) in [6.07, 6.45) is -3.43. The van der Waals surface area contributed by atoms with Crippen LogP contribution < -0.4 is 10.0 Å². The van der Waals surface area contributed by atoms with Crippen molar-refractivity contribution in [2.24, 2.45) is 13.0 Å². The number of ether oxygens (including phenoxy) is 2. The molecule has 13 nitrogen and oxygen atoms in total. The Morgan fingerprint density at radius 2 is 1.79 bits per heavy atom. The van der Waals surface area contributed by atoms with Crippen LogP contribution in [0.15, 0.2) is 53.4 Å². The lowest BCUT2D eigenvalue weighted by Gasteiger charge is -2.42. The zero-order valence-corrected chi connectivity index (χ0v) is 27.1. The number of benzene rings is 2. The first-order valence-electron chi connectivity index (χ1n) is 15.7. The van der Waals surface area contributed by atoms with E-state index in [1.54, 1.807) is 23.8 Å². The third-order valence-electron chi connectivity index (χ3n) is 8.94. The van der Waals surface area contributed by atoms with Gasteiger partial charge < -0.3 is 39.8 Å². The van der Waals surface area contributed by atoms with E-state index < -0.39 is 51.9 Å². The van der Waals surface area contributed by atoms with E-state index in [1.165, 1.54) is 6.08 Å². The molecule has 0 bridgehead atoms. The first-order valence-corrected chi connectivity index (χ1v) is 17.2. The quantitative estimate of drug-likeness (QED) is 0.142. The summed E-state index contributed by atoms with van der Waals surface area (Å²) in [5.41, 5.74) is 3.29. The first-order chi connectivity index (χ1) is 22.6. The van der Waals surface area contributed by atoms with E-state index in [2.05, 4.69) is 39.2 Å². The molecule has 14 heteroatoms. The second-order valence-electron chi connectivity index (χ2n) is 11.9. The first kappa shape index (κ1) is 35.0. The third-order valence-corrected chi connectivity index (χ3v) is 10.3. The number of rotatable bonds is 13. The van der Waals surface area contributed by atoms with Crippen LogP contribution in [-0.4, -0.2) is 122 Å². The Morgan fingerprint density at radius 1 is 1.04 bits per heavy atom. The van der Waals surface area contributed by atoms with Crippen LogP contribution in [0.1, 0.15) is 12.1 Å². The van der Waals surface area contributed by atoms with Crippen molar-refractivity contribution in [2.45, 2.75) is 30.8 Å². The molecule has 2 saturated heterocycles. The van der Waals surface area contributed by atoms with Gasteiger partial charge in [0.2, 0.25) is 0 Å². The molecule has 0 saturated carbocycles. The van der Waals surface area contributed by atoms with Gasteiger partial charge in [0.05, 0.1) is 32.0 Å². The standard InChI is InChI=1S/C33H43N5O8S/c1-37-26(18-27(19-34)47(43,44)36-20-28-30(8-13-39)46-31(21-40)33(42)32(28)41)6-7-29(37)24-3-2-23-17-25(5-4-22(23)16-24)35-9-10-38-11-14-45-15-12-38/h2-7,16-18,28,30-33,35-36,39-42H,8-15,20-21H2,1H3/b27-18+/t28?,30?,31-,32-,33-/m1/s1. The molecule has 3 heterocycles. The minimum Gasteiger partial charge on any atom is -0.396 e. The predicted octanol–water partition coefficient (Wildman–Crippen LogP) is 0.853. The van der Waals surface area contributed by atoms with Gasteiger partial charge in [-0.1, -0.05) is 18.2 Å². The molecule has 0 aliphatic carbocycles. The summed E-state index contributed by atoms with van der Waals surface area (Å²) >= 11 is 0. The van der Waals surface area contributed by atoms with Crippen molar-refractivity contribution < 1.29 is 38.3 Å². The topological polar surface area (TPSA) is 190 Å². The molecule has 2 unspecified atom stereocenters. The van der Waals surface area contributed by atoms with Gasteiger partial charge in [-0.2, -0.15) is 5.26 Å². The summed E-state index contributed by atoms with van der Waals surface area (Å²) < 4.78 is 41.6. The van der Waals surface area contributed by atoms with E-state index in [1.807, 2.05) is 18.2 Å². The minimum absolute atomic E-state index is 0.0575. The highest BCUT2D eigenvalue weighted by Gasteiger charge is 2.44. The average molecular weight is 670 g/mol. The molecule has 254 valence electrons. The number of allylic oxidation sites excluding steroid dienone is 1. The molecule has 2 aliphatic heterocycles. The molecule has 0 spiro atoms. The van der Waals surface area contributed by atoms with E-state index in [0.29, 0.717) is 5.69 Å². The molecule has 1 aromatic heterocycles. The van der Waals surface area contributed by atoms with Gasteiger partial charge in [-0.05, 0) is 59.2 Å². The molecule has 6 N–H and O–H groups in total. The fraction of sp³-hybridized carbons (Fsp3) is 0.485. The third kappa shape index (κ3) is 8.21. The summed E-state index contributed by atoms with van der Waals surface area (Å²) in [5.74, 6) is -0.925. The Balaban J connectivity index is 1.27. The average Bonchev–Trinajstić information content (AvgIpc) is 3.44. The number of hydrogen-bond donors (Lipinski definition) is 6. The Morgan fingerprint density at radius 3 is 2.51 bits per heavy atom. The van der Waals surface area contributed by atoms with E-state index in [0.717, 1.165) is 67.1 Å². The predicted molar refractivity (Wildman–Crippen MR) is 178 cm³/mol. The lowest BCUT2D eigenvalue weighted by Crippen LogP contribution is -2.58. The van der Waals surface area contributed by atoms with Gasteiger partial charge in [-0.3, -0.25) is 4.90 Å². The summed E-state index contributed by atoms with van der Waals surface area (Å²) in [7, 11) is -2.54. The number of aliphatic hydroxyl groups excluding tert-OH is 4. The highest BCUT2D eigenvalue weighted by Crippen LogP contribution is 2.30. The van der Waals surface area contributed by atoms with Crippen molar-refractivity contribution in [3.63, 3.8) is 0 Å². The Hall–Kier alpha value is -3.36. The summed E-state index contributed by atoms with van der Waals surface area (Å²) in [4.78, 5) is 1.85. The van der Waals surface area contributed by atoms with E-state index >= 15 is 0 Å². The van der Waals surface area contributed by atoms with Crippen LogP contribution in [0, 0.1) is 17.2 Å². The fourth-order valence-electron chi connectivity index (χ4n) is 6.16. The number of morpholine rings is 1. The van der Waals surface area contributed by atoms with Crippen molar-refractivity contribution in [1.29, 1.82) is 5.26 Å². The second-order valence-corrected chi connectivity index (χ2v) is 13.6. The lowest BCUT2D eigenvalue weighted by atomic mass is 9.85. The minimum atomic E-state index is -4.32. The van der Waals surface area contributed by atoms with E-state index in [-0.39, 0.29) is 19.6 Å². The molecule has 2 aromatic carbocycles. The van der Waals surface area contributed by atoms with Crippen LogP contribution in [0.4, 0.5) is 5.69 Å². The SMILES string of the molecule is Cn1c(/C=C(\C#N)S(=O)(=O)NCC2C(CCO)O[C@H](CO)[C@@H](O)[C@@H]2O)ccc1-c1ccc2cc(NCCN3CCOCC3)ccc2c1. The van der Waals surface area contributed by atoms with E-state index in [9.17, 15) is 34.1 Å². The summed E-state index contributed by atoms with van der Waals surface area (Å²) in [6.45, 7) is 4.05. The van der Waals surface area contributed by atoms with Crippen molar-refractivity contribution >= 4 is 32.6 Å². The number of sulfonamides is 1. The Kier molecular flexibility index (Phi) is 11.7. The van der Waals surface area contributed by atoms with Gasteiger partial charge in [0.15, 0.2) is 4.91 Å². The largest absolute Gasteiger partial charge is 0.396 e. The molecule has 5 rings (SSSR count). The van der Waals surface area contributed by atoms with Gasteiger partial charge in [-0.15, -0.1) is 0 Å². The highest BCUT2D eigenvalue weighted by atomic mass is 32.2. The number of hydrogen-bond acceptors (Lipinski definition) is 11. The zero-order valence-electron chi connectivity index (χ0n) is 26.3. The van der Waals surface area contributed by atoms with Gasteiger partial charge in [0, 0.05) is 69.4 Å². The molecule has 2 aliphatic rings. The van der Waals surface area contributed by atoms with Crippen molar-refractivity contribution in [1.82, 2.24) is 14.2 Å². The molecule has 3 aromatic rings. The molecule has 0 amide bonds. The smallest absolute Gasteiger partial charge is 0.250 e. The van der Waals surface area contributed by atoms with Crippen LogP contribution in [0.25, 0.3) is 28.1 Å². The number of aromatic nitrogens is 1. The highest BCUT2D eigenvalue weighted by molar-refractivity contribution is 7.93. The Bertz CT molecular complexity index is 1700. The molecule has 5 atom stereocenters. The number of nitrogens with one attached hydrogen (secondary N) is 2.